The Labute approximate surface area is 124 Å². The van der Waals surface area contributed by atoms with Crippen molar-refractivity contribution in [2.75, 3.05) is 19.7 Å². The molecule has 0 saturated carbocycles. The fraction of sp³-hybridized carbons (Fsp3) is 0.733. The van der Waals surface area contributed by atoms with Crippen LogP contribution in [-0.4, -0.2) is 56.4 Å². The first-order chi connectivity index (χ1) is 10.0. The molecule has 0 unspecified atom stereocenters. The molecule has 2 saturated heterocycles. The molecule has 21 heavy (non-hydrogen) atoms. The second-order valence-corrected chi connectivity index (χ2v) is 6.43. The van der Waals surface area contributed by atoms with Crippen LogP contribution in [0.3, 0.4) is 0 Å². The minimum absolute atomic E-state index is 0.0738. The number of piperidine rings is 1. The van der Waals surface area contributed by atoms with Crippen LogP contribution in [0.4, 0.5) is 0 Å². The van der Waals surface area contributed by atoms with E-state index in [1.165, 1.54) is 0 Å². The monoisotopic (exact) mass is 293 g/mol. The topological polar surface area (TPSA) is 67.6 Å². The van der Waals surface area contributed by atoms with Crippen molar-refractivity contribution in [1.29, 1.82) is 0 Å². The predicted molar refractivity (Wildman–Crippen MR) is 76.6 cm³/mol. The minimum Gasteiger partial charge on any atom is -0.388 e. The summed E-state index contributed by atoms with van der Waals surface area (Å²) in [6, 6.07) is 0. The Morgan fingerprint density at radius 1 is 1.38 bits per heavy atom. The molecular formula is C15H23N3O3. The van der Waals surface area contributed by atoms with E-state index in [0.29, 0.717) is 39.1 Å². The smallest absolute Gasteiger partial charge is 0.254 e. The molecule has 1 atom stereocenters. The molecule has 0 bridgehead atoms. The van der Waals surface area contributed by atoms with E-state index in [0.717, 1.165) is 12.8 Å². The number of carbonyl (C=O) groups excluding carboxylic acids is 1. The Kier molecular flexibility index (Phi) is 3.75. The fourth-order valence-corrected chi connectivity index (χ4v) is 3.29. The van der Waals surface area contributed by atoms with Crippen molar-refractivity contribution < 1.29 is 14.6 Å². The Bertz CT molecular complexity index is 486. The second-order valence-electron chi connectivity index (χ2n) is 6.43. The van der Waals surface area contributed by atoms with Gasteiger partial charge in [-0.05, 0) is 32.6 Å². The van der Waals surface area contributed by atoms with Crippen LogP contribution in [0.15, 0.2) is 18.7 Å². The molecule has 0 spiro atoms. The van der Waals surface area contributed by atoms with Crippen molar-refractivity contribution in [3.8, 4) is 0 Å². The standard InChI is InChI=1S/C15H23N3O3/c1-14(3-2-10-21-14)13(19)18-7-4-15(20,5-8-18)11-17-9-6-16-12-17/h6,9,12,20H,2-5,7-8,10-11H2,1H3/t14-/m1/s1. The van der Waals surface area contributed by atoms with Gasteiger partial charge >= 0.3 is 0 Å². The van der Waals surface area contributed by atoms with Gasteiger partial charge in [-0.1, -0.05) is 0 Å². The molecule has 2 aliphatic heterocycles. The largest absolute Gasteiger partial charge is 0.388 e. The highest BCUT2D eigenvalue weighted by molar-refractivity contribution is 5.85. The van der Waals surface area contributed by atoms with Gasteiger partial charge in [0.2, 0.25) is 0 Å². The van der Waals surface area contributed by atoms with Gasteiger partial charge in [-0.15, -0.1) is 0 Å². The first-order valence-electron chi connectivity index (χ1n) is 7.62. The number of nitrogens with zero attached hydrogens (tertiary/aromatic N) is 3. The number of likely N-dealkylation sites (tertiary alicyclic amines) is 1. The Balaban J connectivity index is 1.58. The number of aromatic nitrogens is 2. The van der Waals surface area contributed by atoms with Crippen molar-refractivity contribution in [1.82, 2.24) is 14.5 Å². The first kappa shape index (κ1) is 14.5. The van der Waals surface area contributed by atoms with Gasteiger partial charge < -0.3 is 19.3 Å². The number of imidazole rings is 1. The summed E-state index contributed by atoms with van der Waals surface area (Å²) in [5, 5.41) is 10.7. The zero-order valence-electron chi connectivity index (χ0n) is 12.5. The predicted octanol–water partition coefficient (Wildman–Crippen LogP) is 0.806. The van der Waals surface area contributed by atoms with Crippen LogP contribution >= 0.6 is 0 Å². The summed E-state index contributed by atoms with van der Waals surface area (Å²) in [6.07, 6.45) is 8.19. The molecule has 116 valence electrons. The van der Waals surface area contributed by atoms with E-state index in [9.17, 15) is 9.90 Å². The van der Waals surface area contributed by atoms with Gasteiger partial charge in [0.05, 0.1) is 18.5 Å². The van der Waals surface area contributed by atoms with Crippen molar-refractivity contribution in [2.45, 2.75) is 50.4 Å². The van der Waals surface area contributed by atoms with Crippen LogP contribution in [0, 0.1) is 0 Å². The summed E-state index contributed by atoms with van der Waals surface area (Å²) in [5.41, 5.74) is -1.41. The van der Waals surface area contributed by atoms with Gasteiger partial charge in [0, 0.05) is 32.1 Å². The lowest BCUT2D eigenvalue weighted by Gasteiger charge is -2.40. The molecule has 2 aliphatic rings. The molecule has 0 aliphatic carbocycles. The Morgan fingerprint density at radius 3 is 2.71 bits per heavy atom. The van der Waals surface area contributed by atoms with Crippen LogP contribution in [0.5, 0.6) is 0 Å². The highest BCUT2D eigenvalue weighted by atomic mass is 16.5. The van der Waals surface area contributed by atoms with E-state index in [1.807, 2.05) is 22.6 Å². The van der Waals surface area contributed by atoms with E-state index < -0.39 is 11.2 Å². The van der Waals surface area contributed by atoms with Gasteiger partial charge in [-0.3, -0.25) is 4.79 Å². The third-order valence-corrected chi connectivity index (χ3v) is 4.69. The van der Waals surface area contributed by atoms with Crippen LogP contribution < -0.4 is 0 Å². The van der Waals surface area contributed by atoms with Gasteiger partial charge in [-0.25, -0.2) is 4.98 Å². The molecule has 6 nitrogen and oxygen atoms in total. The quantitative estimate of drug-likeness (QED) is 0.895. The number of hydrogen-bond donors (Lipinski definition) is 1. The lowest BCUT2D eigenvalue weighted by molar-refractivity contribution is -0.155. The Hall–Kier alpha value is -1.40. The molecule has 0 radical (unpaired) electrons. The maximum absolute atomic E-state index is 12.6. The highest BCUT2D eigenvalue weighted by Gasteiger charge is 2.43. The molecule has 2 fully saturated rings. The van der Waals surface area contributed by atoms with Crippen LogP contribution in [0.25, 0.3) is 0 Å². The summed E-state index contributed by atoms with van der Waals surface area (Å²) < 4.78 is 7.51. The highest BCUT2D eigenvalue weighted by Crippen LogP contribution is 2.30. The van der Waals surface area contributed by atoms with Crippen molar-refractivity contribution in [2.24, 2.45) is 0 Å². The molecule has 3 rings (SSSR count). The van der Waals surface area contributed by atoms with E-state index in [1.54, 1.807) is 12.5 Å². The molecule has 1 aromatic rings. The molecule has 1 aromatic heterocycles. The third kappa shape index (κ3) is 2.96. The van der Waals surface area contributed by atoms with Crippen molar-refractivity contribution in [3.63, 3.8) is 0 Å². The number of rotatable bonds is 3. The fourth-order valence-electron chi connectivity index (χ4n) is 3.29. The lowest BCUT2D eigenvalue weighted by Crippen LogP contribution is -2.54. The first-order valence-corrected chi connectivity index (χ1v) is 7.62. The molecule has 6 heteroatoms. The van der Waals surface area contributed by atoms with Gasteiger partial charge in [0.15, 0.2) is 0 Å². The van der Waals surface area contributed by atoms with Gasteiger partial charge in [0.1, 0.15) is 5.60 Å². The maximum Gasteiger partial charge on any atom is 0.254 e. The number of hydrogen-bond acceptors (Lipinski definition) is 4. The van der Waals surface area contributed by atoms with Crippen LogP contribution in [-0.2, 0) is 16.1 Å². The van der Waals surface area contributed by atoms with E-state index in [4.69, 9.17) is 4.74 Å². The van der Waals surface area contributed by atoms with Gasteiger partial charge in [0.25, 0.3) is 5.91 Å². The van der Waals surface area contributed by atoms with E-state index >= 15 is 0 Å². The molecule has 1 amide bonds. The summed E-state index contributed by atoms with van der Waals surface area (Å²) in [6.45, 7) is 4.25. The zero-order chi connectivity index (χ0) is 14.9. The average Bonchev–Trinajstić information content (AvgIpc) is 3.11. The van der Waals surface area contributed by atoms with Gasteiger partial charge in [-0.2, -0.15) is 0 Å². The maximum atomic E-state index is 12.6. The van der Waals surface area contributed by atoms with Crippen molar-refractivity contribution in [3.05, 3.63) is 18.7 Å². The molecule has 3 heterocycles. The molecular weight excluding hydrogens is 270 g/mol. The minimum atomic E-state index is -0.755. The number of amides is 1. The number of aliphatic hydroxyl groups is 1. The van der Waals surface area contributed by atoms with Crippen LogP contribution in [0.1, 0.15) is 32.6 Å². The lowest BCUT2D eigenvalue weighted by atomic mass is 9.90. The van der Waals surface area contributed by atoms with E-state index in [-0.39, 0.29) is 5.91 Å². The van der Waals surface area contributed by atoms with Crippen molar-refractivity contribution >= 4 is 5.91 Å². The zero-order valence-corrected chi connectivity index (χ0v) is 12.5. The SMILES string of the molecule is C[C@]1(C(=O)N2CCC(O)(Cn3ccnc3)CC2)CCCO1. The summed E-state index contributed by atoms with van der Waals surface area (Å²) >= 11 is 0. The average molecular weight is 293 g/mol. The summed E-state index contributed by atoms with van der Waals surface area (Å²) in [7, 11) is 0. The van der Waals surface area contributed by atoms with E-state index in [2.05, 4.69) is 4.98 Å². The van der Waals surface area contributed by atoms with Crippen LogP contribution in [0.2, 0.25) is 0 Å². The molecule has 0 aromatic carbocycles. The number of carbonyl (C=O) groups is 1. The third-order valence-electron chi connectivity index (χ3n) is 4.69. The summed E-state index contributed by atoms with van der Waals surface area (Å²) in [5.74, 6) is 0.0738. The summed E-state index contributed by atoms with van der Waals surface area (Å²) in [4.78, 5) is 18.4. The molecule has 1 N–H and O–H groups in total. The second kappa shape index (κ2) is 5.42. The normalized spacial score (nSPS) is 28.8. The number of ether oxygens (including phenoxy) is 1. The Morgan fingerprint density at radius 2 is 2.14 bits per heavy atom.